The van der Waals surface area contributed by atoms with Gasteiger partial charge >= 0.3 is 0 Å². The molecule has 1 aromatic rings. The van der Waals surface area contributed by atoms with E-state index in [0.717, 1.165) is 19.3 Å². The summed E-state index contributed by atoms with van der Waals surface area (Å²) in [6, 6.07) is 9.38. The lowest BCUT2D eigenvalue weighted by Gasteiger charge is -2.58. The van der Waals surface area contributed by atoms with Gasteiger partial charge in [0.05, 0.1) is 23.4 Å². The zero-order chi connectivity index (χ0) is 21.5. The van der Waals surface area contributed by atoms with E-state index in [-0.39, 0.29) is 42.0 Å². The Morgan fingerprint density at radius 1 is 1.17 bits per heavy atom. The molecule has 0 radical (unpaired) electrons. The second kappa shape index (κ2) is 8.13. The summed E-state index contributed by atoms with van der Waals surface area (Å²) in [5.41, 5.74) is -1.44. The molecule has 2 N–H and O–H groups in total. The number of hydrogen-bond acceptors (Lipinski definition) is 5. The van der Waals surface area contributed by atoms with E-state index < -0.39 is 11.7 Å². The third-order valence-electron chi connectivity index (χ3n) is 7.75. The van der Waals surface area contributed by atoms with E-state index in [9.17, 15) is 15.0 Å². The monoisotopic (exact) mass is 417 g/mol. The fourth-order valence-corrected chi connectivity index (χ4v) is 5.62. The van der Waals surface area contributed by atoms with Gasteiger partial charge in [-0.25, -0.2) is 0 Å². The summed E-state index contributed by atoms with van der Waals surface area (Å²) in [4.78, 5) is 14.4. The fraction of sp³-hybridized carbons (Fsp3) is 0.708. The highest BCUT2D eigenvalue weighted by molar-refractivity contribution is 5.77. The lowest BCUT2D eigenvalue weighted by molar-refractivity contribution is -0.271. The SMILES string of the molecule is CC1(C)O[C@@H](C2CCN(C(=O)COc3ccccc3)CC2)[C@H]2C[C@H]1C[C@H](O)[C@@]2(C)O. The van der Waals surface area contributed by atoms with Gasteiger partial charge in [0.1, 0.15) is 5.75 Å². The number of likely N-dealkylation sites (tertiary alicyclic amines) is 1. The minimum Gasteiger partial charge on any atom is -0.484 e. The molecule has 2 saturated heterocycles. The number of aliphatic hydroxyl groups is 2. The molecule has 166 valence electrons. The maximum Gasteiger partial charge on any atom is 0.260 e. The van der Waals surface area contributed by atoms with Crippen molar-refractivity contribution in [1.29, 1.82) is 0 Å². The van der Waals surface area contributed by atoms with E-state index in [1.807, 2.05) is 35.2 Å². The van der Waals surface area contributed by atoms with Crippen molar-refractivity contribution in [3.05, 3.63) is 30.3 Å². The molecule has 1 aliphatic carbocycles. The summed E-state index contributed by atoms with van der Waals surface area (Å²) in [5.74, 6) is 1.15. The number of ether oxygens (including phenoxy) is 2. The highest BCUT2D eigenvalue weighted by Gasteiger charge is 2.57. The van der Waals surface area contributed by atoms with Crippen LogP contribution in [0.1, 0.15) is 46.5 Å². The van der Waals surface area contributed by atoms with Gasteiger partial charge < -0.3 is 24.6 Å². The normalized spacial score (nSPS) is 36.4. The molecule has 0 spiro atoms. The number of rotatable bonds is 4. The molecule has 1 amide bonds. The van der Waals surface area contributed by atoms with Crippen LogP contribution in [0.25, 0.3) is 0 Å². The summed E-state index contributed by atoms with van der Waals surface area (Å²) in [5, 5.41) is 21.6. The first-order chi connectivity index (χ1) is 14.2. The molecule has 0 unspecified atom stereocenters. The number of aliphatic hydroxyl groups excluding tert-OH is 1. The van der Waals surface area contributed by atoms with E-state index in [1.165, 1.54) is 0 Å². The van der Waals surface area contributed by atoms with Crippen LogP contribution in [-0.4, -0.2) is 64.1 Å². The highest BCUT2D eigenvalue weighted by atomic mass is 16.5. The van der Waals surface area contributed by atoms with Gasteiger partial charge in [0.15, 0.2) is 6.61 Å². The highest BCUT2D eigenvalue weighted by Crippen LogP contribution is 2.52. The molecule has 6 heteroatoms. The molecule has 2 aliphatic heterocycles. The maximum absolute atomic E-state index is 12.6. The number of fused-ring (bicyclic) bond motifs is 2. The molecule has 30 heavy (non-hydrogen) atoms. The van der Waals surface area contributed by atoms with Gasteiger partial charge in [-0.3, -0.25) is 4.79 Å². The third kappa shape index (κ3) is 4.10. The second-order valence-electron chi connectivity index (χ2n) is 10.0. The zero-order valence-electron chi connectivity index (χ0n) is 18.3. The Bertz CT molecular complexity index is 741. The van der Waals surface area contributed by atoms with Crippen LogP contribution in [0, 0.1) is 17.8 Å². The Labute approximate surface area is 179 Å². The molecular weight excluding hydrogens is 382 g/mol. The van der Waals surface area contributed by atoms with E-state index in [2.05, 4.69) is 13.8 Å². The number of hydrogen-bond donors (Lipinski definition) is 2. The van der Waals surface area contributed by atoms with Gasteiger partial charge in [-0.2, -0.15) is 0 Å². The number of carbonyl (C=O) groups excluding carboxylic acids is 1. The first-order valence-electron chi connectivity index (χ1n) is 11.2. The molecule has 2 heterocycles. The van der Waals surface area contributed by atoms with Crippen LogP contribution >= 0.6 is 0 Å². The van der Waals surface area contributed by atoms with Crippen LogP contribution in [0.3, 0.4) is 0 Å². The Morgan fingerprint density at radius 2 is 1.83 bits per heavy atom. The van der Waals surface area contributed by atoms with Crippen molar-refractivity contribution in [3.63, 3.8) is 0 Å². The zero-order valence-corrected chi connectivity index (χ0v) is 18.3. The number of para-hydroxylation sites is 1. The van der Waals surface area contributed by atoms with Crippen LogP contribution in [0.4, 0.5) is 0 Å². The van der Waals surface area contributed by atoms with Crippen molar-refractivity contribution in [1.82, 2.24) is 4.90 Å². The predicted molar refractivity (Wildman–Crippen MR) is 113 cm³/mol. The van der Waals surface area contributed by atoms with E-state index in [0.29, 0.717) is 25.3 Å². The minimum atomic E-state index is -1.13. The number of carbonyl (C=O) groups is 1. The van der Waals surface area contributed by atoms with Gasteiger partial charge in [-0.05, 0) is 70.4 Å². The average Bonchev–Trinajstić information content (AvgIpc) is 2.73. The summed E-state index contributed by atoms with van der Waals surface area (Å²) < 4.78 is 12.2. The molecule has 5 atom stereocenters. The second-order valence-corrected chi connectivity index (χ2v) is 10.0. The molecule has 0 aromatic heterocycles. The van der Waals surface area contributed by atoms with Gasteiger partial charge in [0, 0.05) is 19.0 Å². The standard InChI is InChI=1S/C24H35NO5/c1-23(2)17-13-19(24(3,28)20(26)14-17)22(30-23)16-9-11-25(12-10-16)21(27)15-29-18-7-5-4-6-8-18/h4-8,16-17,19-20,22,26,28H,9-15H2,1-3H3/t17-,19+,20-,22-,24-/m0/s1. The summed E-state index contributed by atoms with van der Waals surface area (Å²) in [7, 11) is 0. The summed E-state index contributed by atoms with van der Waals surface area (Å²) >= 11 is 0. The van der Waals surface area contributed by atoms with Crippen LogP contribution in [-0.2, 0) is 9.53 Å². The summed E-state index contributed by atoms with van der Waals surface area (Å²) in [6.07, 6.45) is 2.32. The van der Waals surface area contributed by atoms with Gasteiger partial charge in [0.2, 0.25) is 0 Å². The number of nitrogens with zero attached hydrogens (tertiary/aromatic N) is 1. The van der Waals surface area contributed by atoms with Crippen LogP contribution in [0.5, 0.6) is 5.75 Å². The summed E-state index contributed by atoms with van der Waals surface area (Å²) in [6.45, 7) is 7.35. The quantitative estimate of drug-likeness (QED) is 0.787. The van der Waals surface area contributed by atoms with Crippen LogP contribution in [0.15, 0.2) is 30.3 Å². The van der Waals surface area contributed by atoms with Crippen LogP contribution in [0.2, 0.25) is 0 Å². The molecule has 2 bridgehead atoms. The lowest BCUT2D eigenvalue weighted by Crippen LogP contribution is -2.65. The van der Waals surface area contributed by atoms with Crippen molar-refractivity contribution in [2.75, 3.05) is 19.7 Å². The first kappa shape index (κ1) is 21.6. The molecule has 1 saturated carbocycles. The Kier molecular flexibility index (Phi) is 5.86. The predicted octanol–water partition coefficient (Wildman–Crippen LogP) is 2.62. The molecule has 4 rings (SSSR count). The molecule has 6 nitrogen and oxygen atoms in total. The smallest absolute Gasteiger partial charge is 0.260 e. The van der Waals surface area contributed by atoms with Gasteiger partial charge in [-0.1, -0.05) is 18.2 Å². The number of piperidine rings is 1. The number of amides is 1. The molecule has 3 aliphatic rings. The average molecular weight is 418 g/mol. The van der Waals surface area contributed by atoms with Gasteiger partial charge in [-0.15, -0.1) is 0 Å². The van der Waals surface area contributed by atoms with E-state index in [4.69, 9.17) is 9.47 Å². The largest absolute Gasteiger partial charge is 0.484 e. The molecule has 3 fully saturated rings. The molecular formula is C24H35NO5. The Morgan fingerprint density at radius 3 is 2.50 bits per heavy atom. The van der Waals surface area contributed by atoms with Crippen molar-refractivity contribution >= 4 is 5.91 Å². The Hall–Kier alpha value is -1.63. The minimum absolute atomic E-state index is 0.00217. The molecule has 1 aromatic carbocycles. The fourth-order valence-electron chi connectivity index (χ4n) is 5.62. The number of benzene rings is 1. The van der Waals surface area contributed by atoms with Crippen molar-refractivity contribution in [2.24, 2.45) is 17.8 Å². The maximum atomic E-state index is 12.6. The van der Waals surface area contributed by atoms with Crippen LogP contribution < -0.4 is 4.74 Å². The van der Waals surface area contributed by atoms with E-state index in [1.54, 1.807) is 6.92 Å². The van der Waals surface area contributed by atoms with E-state index >= 15 is 0 Å². The van der Waals surface area contributed by atoms with Crippen molar-refractivity contribution in [3.8, 4) is 5.75 Å². The Balaban J connectivity index is 1.36. The third-order valence-corrected chi connectivity index (χ3v) is 7.75. The first-order valence-corrected chi connectivity index (χ1v) is 11.2. The van der Waals surface area contributed by atoms with Gasteiger partial charge in [0.25, 0.3) is 5.91 Å². The van der Waals surface area contributed by atoms with Crippen molar-refractivity contribution < 1.29 is 24.5 Å². The van der Waals surface area contributed by atoms with Crippen molar-refractivity contribution in [2.45, 2.75) is 69.9 Å². The lowest BCUT2D eigenvalue weighted by atomic mass is 9.60. The topological polar surface area (TPSA) is 79.2 Å².